The number of nitrogens with zero attached hydrogens (tertiary/aromatic N) is 7. The first kappa shape index (κ1) is 34.9. The van der Waals surface area contributed by atoms with Gasteiger partial charge in [0.25, 0.3) is 0 Å². The molecule has 10 heteroatoms. The Morgan fingerprint density at radius 2 is 1.14 bits per heavy atom. The first-order chi connectivity index (χ1) is 24.1. The molecular weight excluding hydrogens is 697 g/mol. The minimum absolute atomic E-state index is 0. The number of rotatable bonds is 7. The van der Waals surface area contributed by atoms with Gasteiger partial charge in [0.2, 0.25) is 0 Å². The second-order valence-corrected chi connectivity index (χ2v) is 15.0. The van der Waals surface area contributed by atoms with E-state index in [0.29, 0.717) is 0 Å². The molecule has 2 saturated carbocycles. The molecule has 0 aliphatic heterocycles. The Kier molecular flexibility index (Phi) is 9.03. The van der Waals surface area contributed by atoms with Gasteiger partial charge in [0.05, 0.1) is 16.4 Å². The summed E-state index contributed by atoms with van der Waals surface area (Å²) in [5, 5.41) is 19.7. The van der Waals surface area contributed by atoms with Crippen LogP contribution in [0.1, 0.15) is 80.4 Å². The molecule has 5 heterocycles. The summed E-state index contributed by atoms with van der Waals surface area (Å²) in [7, 11) is 0. The maximum absolute atomic E-state index is 6.10. The van der Waals surface area contributed by atoms with Crippen molar-refractivity contribution in [3.05, 3.63) is 166 Å². The lowest BCUT2D eigenvalue weighted by Crippen LogP contribution is -3.00. The molecule has 0 saturated heterocycles. The van der Waals surface area contributed by atoms with E-state index in [9.17, 15) is 0 Å². The van der Waals surface area contributed by atoms with Gasteiger partial charge in [-0.2, -0.15) is 4.57 Å². The molecule has 2 fully saturated rings. The predicted octanol–water partition coefficient (Wildman–Crippen LogP) is 6.03. The van der Waals surface area contributed by atoms with Gasteiger partial charge < -0.3 is 12.4 Å². The van der Waals surface area contributed by atoms with Crippen molar-refractivity contribution < 1.29 is 17.0 Å². The molecule has 0 bridgehead atoms. The van der Waals surface area contributed by atoms with E-state index >= 15 is 0 Å². The van der Waals surface area contributed by atoms with E-state index in [2.05, 4.69) is 121 Å². The van der Waals surface area contributed by atoms with Crippen LogP contribution in [0, 0.1) is 0 Å². The summed E-state index contributed by atoms with van der Waals surface area (Å²) in [5.41, 5.74) is 7.17. The minimum Gasteiger partial charge on any atom is -1.00 e. The third kappa shape index (κ3) is 6.01. The van der Waals surface area contributed by atoms with Gasteiger partial charge in [0.15, 0.2) is 29.2 Å². The molecule has 51 heavy (non-hydrogen) atoms. The highest BCUT2D eigenvalue weighted by Gasteiger charge is 2.51. The third-order valence-corrected chi connectivity index (χ3v) is 11.0. The van der Waals surface area contributed by atoms with Crippen LogP contribution in [0.4, 0.5) is 0 Å². The molecule has 0 N–H and O–H groups in total. The molecule has 2 aliphatic carbocycles. The van der Waals surface area contributed by atoms with Crippen molar-refractivity contribution >= 4 is 40.1 Å². The van der Waals surface area contributed by atoms with Crippen molar-refractivity contribution in [1.29, 1.82) is 0 Å². The van der Waals surface area contributed by atoms with Gasteiger partial charge in [-0.25, -0.2) is 0 Å². The van der Waals surface area contributed by atoms with E-state index in [1.807, 2.05) is 55.6 Å². The van der Waals surface area contributed by atoms with Gasteiger partial charge in [-0.1, -0.05) is 60.1 Å². The Morgan fingerprint density at radius 1 is 0.667 bits per heavy atom. The predicted molar refractivity (Wildman–Crippen MR) is 199 cm³/mol. The largest absolute Gasteiger partial charge is 1.00 e. The Bertz CT molecular complexity index is 2350. The first-order valence-electron chi connectivity index (χ1n) is 17.0. The Morgan fingerprint density at radius 3 is 1.63 bits per heavy atom. The third-order valence-electron chi connectivity index (χ3n) is 10.5. The number of fused-ring (bicyclic) bond motifs is 2. The zero-order chi connectivity index (χ0) is 34.7. The fraction of sp³-hybridized carbons (Fsp3) is 0.244. The van der Waals surface area contributed by atoms with Gasteiger partial charge in [-0.3, -0.25) is 8.80 Å². The lowest BCUT2D eigenvalue weighted by Gasteiger charge is -2.20. The molecule has 0 spiro atoms. The normalized spacial score (nSPS) is 15.5. The number of hydrogen-bond acceptors (Lipinski definition) is 4. The zero-order valence-corrected chi connectivity index (χ0v) is 31.0. The highest BCUT2D eigenvalue weighted by Crippen LogP contribution is 2.54. The standard InChI is InChI=1S/C23H22ClN4.C18H16ClN3.ClH/c1-22(2,27-14-4-3-5-15-27)19-7-6-16-28-20(19)25-26-21(28)23(12-13-23)17-8-10-18(24)11-9-17;1-12(2)15-4-3-11-22-16(15)20-21-17(22)18(9-10-18)13-5-7-14(19)8-6-13;/h3-11,14-16H,12-13H2,1-2H3;3-8,11H,1,9-10H2,2H3;1H/q+1;;/p-1. The number of halogens is 3. The van der Waals surface area contributed by atoms with E-state index < -0.39 is 0 Å². The molecular formula is C41H38Cl3N7. The number of allylic oxidation sites excluding steroid dienone is 1. The van der Waals surface area contributed by atoms with Gasteiger partial charge in [-0.15, -0.1) is 20.4 Å². The van der Waals surface area contributed by atoms with Crippen LogP contribution < -0.4 is 17.0 Å². The van der Waals surface area contributed by atoms with E-state index in [4.69, 9.17) is 23.2 Å². The van der Waals surface area contributed by atoms with Crippen molar-refractivity contribution in [2.45, 2.75) is 62.8 Å². The van der Waals surface area contributed by atoms with Crippen LogP contribution in [0.5, 0.6) is 0 Å². The smallest absolute Gasteiger partial charge is 0.191 e. The zero-order valence-electron chi connectivity index (χ0n) is 28.8. The van der Waals surface area contributed by atoms with Crippen LogP contribution in [-0.4, -0.2) is 29.2 Å². The minimum atomic E-state index is -0.245. The quantitative estimate of drug-likeness (QED) is 0.188. The number of aromatic nitrogens is 7. The summed E-state index contributed by atoms with van der Waals surface area (Å²) >= 11 is 12.1. The highest BCUT2D eigenvalue weighted by atomic mass is 35.5. The Hall–Kier alpha value is -4.56. The van der Waals surface area contributed by atoms with E-state index in [1.165, 1.54) is 11.1 Å². The van der Waals surface area contributed by atoms with Crippen LogP contribution in [0.2, 0.25) is 10.0 Å². The summed E-state index contributed by atoms with van der Waals surface area (Å²) in [6.07, 6.45) is 12.6. The molecule has 0 unspecified atom stereocenters. The molecule has 5 aromatic heterocycles. The number of pyridine rings is 3. The summed E-state index contributed by atoms with van der Waals surface area (Å²) < 4.78 is 6.48. The number of benzene rings is 2. The molecule has 258 valence electrons. The second-order valence-electron chi connectivity index (χ2n) is 14.1. The molecule has 0 amide bonds. The summed E-state index contributed by atoms with van der Waals surface area (Å²) in [5.74, 6) is 2.02. The van der Waals surface area contributed by atoms with E-state index in [1.54, 1.807) is 0 Å². The van der Waals surface area contributed by atoms with Crippen molar-refractivity contribution in [3.63, 3.8) is 0 Å². The van der Waals surface area contributed by atoms with Gasteiger partial charge in [0, 0.05) is 54.0 Å². The van der Waals surface area contributed by atoms with Gasteiger partial charge in [-0.05, 0) is 97.8 Å². The van der Waals surface area contributed by atoms with Crippen molar-refractivity contribution in [1.82, 2.24) is 29.2 Å². The lowest BCUT2D eigenvalue weighted by atomic mass is 9.93. The second kappa shape index (κ2) is 13.2. The average Bonchev–Trinajstić information content (AvgIpc) is 4.03. The monoisotopic (exact) mass is 733 g/mol. The molecule has 2 aliphatic rings. The van der Waals surface area contributed by atoms with Crippen LogP contribution in [-0.2, 0) is 16.4 Å². The molecule has 0 atom stereocenters. The molecule has 9 rings (SSSR count). The van der Waals surface area contributed by atoms with Crippen molar-refractivity contribution in [3.8, 4) is 0 Å². The fourth-order valence-electron chi connectivity index (χ4n) is 7.28. The van der Waals surface area contributed by atoms with Gasteiger partial charge >= 0.3 is 0 Å². The average molecular weight is 735 g/mol. The van der Waals surface area contributed by atoms with Crippen molar-refractivity contribution in [2.75, 3.05) is 0 Å². The SMILES string of the molecule is C=C(C)c1cccn2c(C3(c4ccc(Cl)cc4)CC3)nnc12.CC(C)(c1cccn2c(C3(c4ccc(Cl)cc4)CC3)nnc12)[n+]1ccccc1.[Cl-]. The first-order valence-corrected chi connectivity index (χ1v) is 17.7. The Labute approximate surface area is 314 Å². The summed E-state index contributed by atoms with van der Waals surface area (Å²) in [6, 6.07) is 30.7. The molecule has 0 radical (unpaired) electrons. The fourth-order valence-corrected chi connectivity index (χ4v) is 7.53. The van der Waals surface area contributed by atoms with Crippen LogP contribution >= 0.6 is 23.2 Å². The van der Waals surface area contributed by atoms with Crippen LogP contribution in [0.25, 0.3) is 16.9 Å². The topological polar surface area (TPSA) is 64.3 Å². The lowest BCUT2D eigenvalue weighted by molar-refractivity contribution is -0.747. The maximum Gasteiger partial charge on any atom is 0.191 e. The van der Waals surface area contributed by atoms with Crippen LogP contribution in [0.3, 0.4) is 0 Å². The van der Waals surface area contributed by atoms with Crippen LogP contribution in [0.15, 0.2) is 122 Å². The van der Waals surface area contributed by atoms with E-state index in [0.717, 1.165) is 75.4 Å². The highest BCUT2D eigenvalue weighted by molar-refractivity contribution is 6.30. The summed E-state index contributed by atoms with van der Waals surface area (Å²) in [6.45, 7) is 10.5. The molecule has 7 nitrogen and oxygen atoms in total. The summed E-state index contributed by atoms with van der Waals surface area (Å²) in [4.78, 5) is 0. The van der Waals surface area contributed by atoms with Gasteiger partial charge in [0.1, 0.15) is 11.6 Å². The molecule has 7 aromatic rings. The van der Waals surface area contributed by atoms with Crippen molar-refractivity contribution in [2.24, 2.45) is 0 Å². The maximum atomic E-state index is 6.10. The Balaban J connectivity index is 0.000000161. The van der Waals surface area contributed by atoms with E-state index in [-0.39, 0.29) is 28.8 Å². The number of hydrogen-bond donors (Lipinski definition) is 0. The molecule has 2 aromatic carbocycles.